The molecular formula is C13H19Cl2N3. The molecule has 0 aliphatic carbocycles. The Morgan fingerprint density at radius 3 is 2.94 bits per heavy atom. The smallest absolute Gasteiger partial charge is 0.128 e. The summed E-state index contributed by atoms with van der Waals surface area (Å²) in [7, 11) is 4.25. The van der Waals surface area contributed by atoms with E-state index in [0.29, 0.717) is 10.9 Å². The summed E-state index contributed by atoms with van der Waals surface area (Å²) in [5.41, 5.74) is 0.943. The largest absolute Gasteiger partial charge is 0.359 e. The van der Waals surface area contributed by atoms with Gasteiger partial charge in [0.15, 0.2) is 0 Å². The maximum absolute atomic E-state index is 6.02. The number of pyridine rings is 1. The van der Waals surface area contributed by atoms with E-state index in [1.54, 1.807) is 6.20 Å². The SMILES string of the molecule is CN1CCC(CN(C)c2cc(CCl)c(Cl)cn2)C1. The normalized spacial score (nSPS) is 20.3. The molecule has 2 rings (SSSR count). The zero-order valence-electron chi connectivity index (χ0n) is 10.9. The first-order chi connectivity index (χ1) is 8.60. The molecule has 0 amide bonds. The van der Waals surface area contributed by atoms with Gasteiger partial charge in [-0.2, -0.15) is 0 Å². The Morgan fingerprint density at radius 2 is 2.33 bits per heavy atom. The molecule has 5 heteroatoms. The van der Waals surface area contributed by atoms with Crippen LogP contribution < -0.4 is 4.90 Å². The van der Waals surface area contributed by atoms with Crippen LogP contribution in [0.15, 0.2) is 12.3 Å². The summed E-state index contributed by atoms with van der Waals surface area (Å²) in [5, 5.41) is 0.641. The molecule has 0 spiro atoms. The molecule has 1 fully saturated rings. The highest BCUT2D eigenvalue weighted by molar-refractivity contribution is 6.32. The third-order valence-electron chi connectivity index (χ3n) is 3.48. The fourth-order valence-corrected chi connectivity index (χ4v) is 2.89. The Kier molecular flexibility index (Phi) is 4.71. The van der Waals surface area contributed by atoms with E-state index in [2.05, 4.69) is 28.9 Å². The van der Waals surface area contributed by atoms with Gasteiger partial charge in [-0.25, -0.2) is 4.98 Å². The van der Waals surface area contributed by atoms with Crippen molar-refractivity contribution in [2.45, 2.75) is 12.3 Å². The van der Waals surface area contributed by atoms with Crippen molar-refractivity contribution in [3.05, 3.63) is 22.8 Å². The Bertz CT molecular complexity index is 411. The summed E-state index contributed by atoms with van der Waals surface area (Å²) in [4.78, 5) is 8.93. The monoisotopic (exact) mass is 287 g/mol. The average Bonchev–Trinajstić information content (AvgIpc) is 2.75. The van der Waals surface area contributed by atoms with Gasteiger partial charge in [0.1, 0.15) is 5.82 Å². The lowest BCUT2D eigenvalue weighted by Gasteiger charge is -2.22. The molecule has 1 aliphatic rings. The number of hydrogen-bond donors (Lipinski definition) is 0. The van der Waals surface area contributed by atoms with E-state index >= 15 is 0 Å². The van der Waals surface area contributed by atoms with Gasteiger partial charge >= 0.3 is 0 Å². The zero-order chi connectivity index (χ0) is 13.1. The van der Waals surface area contributed by atoms with Crippen LogP contribution in [-0.2, 0) is 5.88 Å². The average molecular weight is 288 g/mol. The van der Waals surface area contributed by atoms with Crippen LogP contribution in [0.4, 0.5) is 5.82 Å². The molecule has 1 aliphatic heterocycles. The summed E-state index contributed by atoms with van der Waals surface area (Å²) in [6, 6.07) is 1.98. The zero-order valence-corrected chi connectivity index (χ0v) is 12.4. The molecule has 3 nitrogen and oxygen atoms in total. The van der Waals surface area contributed by atoms with Gasteiger partial charge in [-0.1, -0.05) is 11.6 Å². The summed E-state index contributed by atoms with van der Waals surface area (Å²) in [6.45, 7) is 3.39. The first-order valence-electron chi connectivity index (χ1n) is 6.20. The highest BCUT2D eigenvalue weighted by atomic mass is 35.5. The highest BCUT2D eigenvalue weighted by Crippen LogP contribution is 2.23. The molecule has 0 saturated carbocycles. The van der Waals surface area contributed by atoms with Crippen LogP contribution in [0, 0.1) is 5.92 Å². The number of hydrogen-bond acceptors (Lipinski definition) is 3. The van der Waals surface area contributed by atoms with Gasteiger partial charge in [-0.15, -0.1) is 11.6 Å². The molecule has 18 heavy (non-hydrogen) atoms. The Labute approximate surface area is 119 Å². The third kappa shape index (κ3) is 3.28. The third-order valence-corrected chi connectivity index (χ3v) is 4.10. The van der Waals surface area contributed by atoms with Crippen LogP contribution in [0.1, 0.15) is 12.0 Å². The molecule has 0 bridgehead atoms. The fourth-order valence-electron chi connectivity index (χ4n) is 2.44. The molecule has 1 saturated heterocycles. The fraction of sp³-hybridized carbons (Fsp3) is 0.615. The number of anilines is 1. The predicted molar refractivity (Wildman–Crippen MR) is 77.7 cm³/mol. The lowest BCUT2D eigenvalue weighted by Crippen LogP contribution is -2.27. The van der Waals surface area contributed by atoms with Gasteiger partial charge in [0, 0.05) is 32.2 Å². The molecule has 1 aromatic heterocycles. The summed E-state index contributed by atoms with van der Waals surface area (Å²) >= 11 is 11.9. The minimum atomic E-state index is 0.425. The number of halogens is 2. The first-order valence-corrected chi connectivity index (χ1v) is 7.11. The Hall–Kier alpha value is -0.510. The van der Waals surface area contributed by atoms with Crippen LogP contribution in [0.3, 0.4) is 0 Å². The summed E-state index contributed by atoms with van der Waals surface area (Å²) < 4.78 is 0. The van der Waals surface area contributed by atoms with E-state index in [0.717, 1.165) is 23.8 Å². The summed E-state index contributed by atoms with van der Waals surface area (Å²) in [6.07, 6.45) is 2.95. The molecule has 0 radical (unpaired) electrons. The highest BCUT2D eigenvalue weighted by Gasteiger charge is 2.21. The molecule has 100 valence electrons. The Balaban J connectivity index is 2.02. The number of rotatable bonds is 4. The van der Waals surface area contributed by atoms with E-state index in [4.69, 9.17) is 23.2 Å². The van der Waals surface area contributed by atoms with Crippen molar-refractivity contribution in [1.29, 1.82) is 0 Å². The maximum Gasteiger partial charge on any atom is 0.128 e. The van der Waals surface area contributed by atoms with Crippen LogP contribution in [0.5, 0.6) is 0 Å². The second-order valence-corrected chi connectivity index (χ2v) is 5.74. The number of aromatic nitrogens is 1. The van der Waals surface area contributed by atoms with Crippen LogP contribution in [0.25, 0.3) is 0 Å². The number of likely N-dealkylation sites (tertiary alicyclic amines) is 1. The molecule has 2 heterocycles. The van der Waals surface area contributed by atoms with E-state index < -0.39 is 0 Å². The lowest BCUT2D eigenvalue weighted by molar-refractivity contribution is 0.395. The van der Waals surface area contributed by atoms with Crippen LogP contribution in [-0.4, -0.2) is 43.6 Å². The standard InChI is InChI=1S/C13H19Cl2N3/c1-17-4-3-10(8-17)9-18(2)13-5-11(6-14)12(15)7-16-13/h5,7,10H,3-4,6,8-9H2,1-2H3. The van der Waals surface area contributed by atoms with Crippen molar-refractivity contribution in [2.75, 3.05) is 38.6 Å². The molecular weight excluding hydrogens is 269 g/mol. The van der Waals surface area contributed by atoms with Crippen molar-refractivity contribution in [3.8, 4) is 0 Å². The van der Waals surface area contributed by atoms with E-state index in [9.17, 15) is 0 Å². The maximum atomic E-state index is 6.02. The minimum absolute atomic E-state index is 0.425. The summed E-state index contributed by atoms with van der Waals surface area (Å²) in [5.74, 6) is 2.09. The van der Waals surface area contributed by atoms with Crippen molar-refractivity contribution < 1.29 is 0 Å². The molecule has 1 atom stereocenters. The molecule has 0 N–H and O–H groups in total. The number of alkyl halides is 1. The van der Waals surface area contributed by atoms with Gasteiger partial charge < -0.3 is 9.80 Å². The van der Waals surface area contributed by atoms with E-state index in [1.807, 2.05) is 6.07 Å². The second kappa shape index (κ2) is 6.09. The van der Waals surface area contributed by atoms with Crippen molar-refractivity contribution in [2.24, 2.45) is 5.92 Å². The number of nitrogens with zero attached hydrogens (tertiary/aromatic N) is 3. The predicted octanol–water partition coefficient (Wildman–Crippen LogP) is 2.86. The van der Waals surface area contributed by atoms with Gasteiger partial charge in [0.25, 0.3) is 0 Å². The van der Waals surface area contributed by atoms with Crippen LogP contribution >= 0.6 is 23.2 Å². The molecule has 0 aromatic carbocycles. The second-order valence-electron chi connectivity index (χ2n) is 5.07. The van der Waals surface area contributed by atoms with Gasteiger partial charge in [0.2, 0.25) is 0 Å². The molecule has 1 aromatic rings. The lowest BCUT2D eigenvalue weighted by atomic mass is 10.1. The van der Waals surface area contributed by atoms with Crippen molar-refractivity contribution >= 4 is 29.0 Å². The quantitative estimate of drug-likeness (QED) is 0.794. The topological polar surface area (TPSA) is 19.4 Å². The van der Waals surface area contributed by atoms with Crippen molar-refractivity contribution in [1.82, 2.24) is 9.88 Å². The van der Waals surface area contributed by atoms with Gasteiger partial charge in [0.05, 0.1) is 5.02 Å². The van der Waals surface area contributed by atoms with Gasteiger partial charge in [-0.3, -0.25) is 0 Å². The van der Waals surface area contributed by atoms with Crippen LogP contribution in [0.2, 0.25) is 5.02 Å². The van der Waals surface area contributed by atoms with E-state index in [1.165, 1.54) is 19.5 Å². The minimum Gasteiger partial charge on any atom is -0.359 e. The van der Waals surface area contributed by atoms with Crippen molar-refractivity contribution in [3.63, 3.8) is 0 Å². The Morgan fingerprint density at radius 1 is 1.56 bits per heavy atom. The van der Waals surface area contributed by atoms with E-state index in [-0.39, 0.29) is 0 Å². The molecule has 1 unspecified atom stereocenters. The van der Waals surface area contributed by atoms with Gasteiger partial charge in [-0.05, 0) is 37.6 Å². The first kappa shape index (κ1) is 13.9.